The van der Waals surface area contributed by atoms with Gasteiger partial charge in [0.05, 0.1) is 5.56 Å². The van der Waals surface area contributed by atoms with Crippen LogP contribution in [-0.2, 0) is 0 Å². The van der Waals surface area contributed by atoms with E-state index >= 15 is 0 Å². The Labute approximate surface area is 116 Å². The zero-order valence-corrected chi connectivity index (χ0v) is 11.6. The van der Waals surface area contributed by atoms with Crippen LogP contribution in [0.5, 0.6) is 0 Å². The lowest BCUT2D eigenvalue weighted by Gasteiger charge is -2.09. The molecule has 0 radical (unpaired) electrons. The number of pyridine rings is 1. The fourth-order valence-electron chi connectivity index (χ4n) is 1.76. The van der Waals surface area contributed by atoms with E-state index in [1.165, 1.54) is 11.8 Å². The van der Waals surface area contributed by atoms with Crippen LogP contribution in [0.25, 0.3) is 11.1 Å². The average Bonchev–Trinajstić information content (AvgIpc) is 2.38. The van der Waals surface area contributed by atoms with Crippen molar-refractivity contribution in [1.82, 2.24) is 4.98 Å². The molecule has 0 unspecified atom stereocenters. The molecule has 0 atom stereocenters. The van der Waals surface area contributed by atoms with Gasteiger partial charge < -0.3 is 0 Å². The first-order valence-electron chi connectivity index (χ1n) is 5.37. The second-order valence-corrected chi connectivity index (χ2v) is 5.05. The molecule has 1 aromatic carbocycles. The first kappa shape index (κ1) is 12.9. The van der Waals surface area contributed by atoms with E-state index in [1.807, 2.05) is 43.5 Å². The highest BCUT2D eigenvalue weighted by Crippen LogP contribution is 2.30. The highest BCUT2D eigenvalue weighted by molar-refractivity contribution is 7.98. The van der Waals surface area contributed by atoms with Crippen molar-refractivity contribution in [2.24, 2.45) is 0 Å². The normalized spacial score (nSPS) is 10.1. The Hall–Kier alpha value is -1.50. The second kappa shape index (κ2) is 5.43. The topological polar surface area (TPSA) is 36.7 Å². The van der Waals surface area contributed by atoms with Gasteiger partial charge in [-0.1, -0.05) is 23.7 Å². The summed E-state index contributed by atoms with van der Waals surface area (Å²) in [6.45, 7) is 1.93. The molecule has 18 heavy (non-hydrogen) atoms. The molecule has 0 amide bonds. The predicted octanol–water partition coefficient (Wildman–Crippen LogP) is 4.30. The van der Waals surface area contributed by atoms with Gasteiger partial charge >= 0.3 is 0 Å². The molecule has 0 fully saturated rings. The molecule has 1 heterocycles. The Morgan fingerprint density at radius 1 is 1.28 bits per heavy atom. The number of rotatable bonds is 2. The number of nitriles is 1. The largest absolute Gasteiger partial charge is 0.245 e. The van der Waals surface area contributed by atoms with Crippen LogP contribution in [-0.4, -0.2) is 11.2 Å². The van der Waals surface area contributed by atoms with Crippen molar-refractivity contribution in [2.75, 3.05) is 6.26 Å². The van der Waals surface area contributed by atoms with Gasteiger partial charge in [0.2, 0.25) is 0 Å². The number of hydrogen-bond donors (Lipinski definition) is 0. The highest BCUT2D eigenvalue weighted by Gasteiger charge is 2.12. The van der Waals surface area contributed by atoms with E-state index in [4.69, 9.17) is 11.6 Å². The maximum Gasteiger partial charge on any atom is 0.114 e. The summed E-state index contributed by atoms with van der Waals surface area (Å²) >= 11 is 7.37. The third-order valence-corrected chi connectivity index (χ3v) is 3.51. The summed E-state index contributed by atoms with van der Waals surface area (Å²) in [4.78, 5) is 4.38. The Bertz CT molecular complexity index is 615. The zero-order chi connectivity index (χ0) is 13.1. The molecule has 1 aromatic heterocycles. The van der Waals surface area contributed by atoms with Crippen LogP contribution in [0.4, 0.5) is 0 Å². The molecule has 4 heteroatoms. The van der Waals surface area contributed by atoms with Crippen molar-refractivity contribution >= 4 is 23.4 Å². The summed E-state index contributed by atoms with van der Waals surface area (Å²) in [6.07, 6.45) is 1.92. The van der Waals surface area contributed by atoms with Gasteiger partial charge in [0, 0.05) is 16.3 Å². The van der Waals surface area contributed by atoms with E-state index in [9.17, 15) is 5.26 Å². The molecule has 0 saturated heterocycles. The molecule has 0 N–H and O–H groups in total. The van der Waals surface area contributed by atoms with Crippen molar-refractivity contribution in [3.8, 4) is 17.2 Å². The Kier molecular flexibility index (Phi) is 3.90. The first-order valence-corrected chi connectivity index (χ1v) is 6.97. The molecular weight excluding hydrogens is 264 g/mol. The molecule has 0 aliphatic heterocycles. The molecule has 0 bridgehead atoms. The summed E-state index contributed by atoms with van der Waals surface area (Å²) in [5, 5.41) is 10.8. The van der Waals surface area contributed by atoms with Crippen molar-refractivity contribution < 1.29 is 0 Å². The quantitative estimate of drug-likeness (QED) is 0.766. The van der Waals surface area contributed by atoms with Crippen LogP contribution < -0.4 is 0 Å². The molecule has 0 saturated carbocycles. The number of hydrogen-bond acceptors (Lipinski definition) is 3. The van der Waals surface area contributed by atoms with E-state index < -0.39 is 0 Å². The first-order chi connectivity index (χ1) is 8.65. The summed E-state index contributed by atoms with van der Waals surface area (Å²) < 4.78 is 0. The fourth-order valence-corrected chi connectivity index (χ4v) is 2.48. The highest BCUT2D eigenvalue weighted by atomic mass is 35.5. The maximum absolute atomic E-state index is 9.31. The maximum atomic E-state index is 9.31. The molecule has 90 valence electrons. The third-order valence-electron chi connectivity index (χ3n) is 2.57. The molecule has 2 aromatic rings. The predicted molar refractivity (Wildman–Crippen MR) is 75.9 cm³/mol. The molecule has 0 aliphatic rings. The smallest absolute Gasteiger partial charge is 0.114 e. The fraction of sp³-hybridized carbons (Fsp3) is 0.143. The number of halogens is 1. The van der Waals surface area contributed by atoms with E-state index in [1.54, 1.807) is 0 Å². The monoisotopic (exact) mass is 274 g/mol. The summed E-state index contributed by atoms with van der Waals surface area (Å²) in [5.41, 5.74) is 3.42. The van der Waals surface area contributed by atoms with Crippen LogP contribution >= 0.6 is 23.4 Å². The van der Waals surface area contributed by atoms with Crippen molar-refractivity contribution in [2.45, 2.75) is 11.9 Å². The number of thioether (sulfide) groups is 1. The van der Waals surface area contributed by atoms with Gasteiger partial charge in [-0.25, -0.2) is 4.98 Å². The molecular formula is C14H11ClN2S. The van der Waals surface area contributed by atoms with Crippen LogP contribution in [0.15, 0.2) is 35.4 Å². The number of aryl methyl sites for hydroxylation is 1. The van der Waals surface area contributed by atoms with Gasteiger partial charge in [-0.15, -0.1) is 11.8 Å². The van der Waals surface area contributed by atoms with Crippen LogP contribution in [0.1, 0.15) is 11.3 Å². The van der Waals surface area contributed by atoms with Crippen LogP contribution in [0.2, 0.25) is 5.02 Å². The van der Waals surface area contributed by atoms with Gasteiger partial charge in [0.15, 0.2) is 0 Å². The lowest BCUT2D eigenvalue weighted by atomic mass is 10.0. The molecule has 2 rings (SSSR count). The number of aromatic nitrogens is 1. The van der Waals surface area contributed by atoms with Crippen LogP contribution in [0, 0.1) is 18.3 Å². The summed E-state index contributed by atoms with van der Waals surface area (Å²) in [6, 6.07) is 11.7. The summed E-state index contributed by atoms with van der Waals surface area (Å²) in [5.74, 6) is 0. The minimum absolute atomic E-state index is 0.621. The van der Waals surface area contributed by atoms with Crippen molar-refractivity contribution in [1.29, 1.82) is 5.26 Å². The Morgan fingerprint density at radius 2 is 1.94 bits per heavy atom. The van der Waals surface area contributed by atoms with Crippen LogP contribution in [0.3, 0.4) is 0 Å². The molecule has 0 spiro atoms. The van der Waals surface area contributed by atoms with Gasteiger partial charge in [-0.05, 0) is 36.9 Å². The van der Waals surface area contributed by atoms with Gasteiger partial charge in [-0.3, -0.25) is 0 Å². The standard InChI is InChI=1S/C14H11ClN2S/c1-9-7-12(10-3-5-11(15)6-4-10)13(8-16)14(17-9)18-2/h3-7H,1-2H3. The van der Waals surface area contributed by atoms with Gasteiger partial charge in [0.1, 0.15) is 11.1 Å². The average molecular weight is 275 g/mol. The van der Waals surface area contributed by atoms with E-state index in [0.29, 0.717) is 10.6 Å². The SMILES string of the molecule is CSc1nc(C)cc(-c2ccc(Cl)cc2)c1C#N. The van der Waals surface area contributed by atoms with E-state index in [0.717, 1.165) is 21.8 Å². The minimum Gasteiger partial charge on any atom is -0.245 e. The zero-order valence-electron chi connectivity index (χ0n) is 10.1. The lowest BCUT2D eigenvalue weighted by Crippen LogP contribution is -1.94. The van der Waals surface area contributed by atoms with E-state index in [2.05, 4.69) is 11.1 Å². The van der Waals surface area contributed by atoms with Crippen molar-refractivity contribution in [3.05, 3.63) is 46.6 Å². The molecule has 2 nitrogen and oxygen atoms in total. The third kappa shape index (κ3) is 2.50. The molecule has 0 aliphatic carbocycles. The minimum atomic E-state index is 0.621. The Balaban J connectivity index is 2.67. The number of benzene rings is 1. The second-order valence-electron chi connectivity index (χ2n) is 3.81. The summed E-state index contributed by atoms with van der Waals surface area (Å²) in [7, 11) is 0. The van der Waals surface area contributed by atoms with Gasteiger partial charge in [-0.2, -0.15) is 5.26 Å². The lowest BCUT2D eigenvalue weighted by molar-refractivity contribution is 1.05. The van der Waals surface area contributed by atoms with Gasteiger partial charge in [0.25, 0.3) is 0 Å². The Morgan fingerprint density at radius 3 is 2.50 bits per heavy atom. The van der Waals surface area contributed by atoms with E-state index in [-0.39, 0.29) is 0 Å². The van der Waals surface area contributed by atoms with Crippen molar-refractivity contribution in [3.63, 3.8) is 0 Å². The number of nitrogens with zero attached hydrogens (tertiary/aromatic N) is 2.